The highest BCUT2D eigenvalue weighted by atomic mass is 35.5. The Balaban J connectivity index is 2.17. The van der Waals surface area contributed by atoms with Crippen LogP contribution in [0.1, 0.15) is 5.56 Å². The molecule has 0 aliphatic rings. The van der Waals surface area contributed by atoms with Gasteiger partial charge in [-0.3, -0.25) is 0 Å². The van der Waals surface area contributed by atoms with Gasteiger partial charge in [0.2, 0.25) is 0 Å². The highest BCUT2D eigenvalue weighted by molar-refractivity contribution is 7.99. The van der Waals surface area contributed by atoms with Gasteiger partial charge in [-0.2, -0.15) is 0 Å². The lowest BCUT2D eigenvalue weighted by Gasteiger charge is -2.05. The molecule has 0 saturated heterocycles. The Morgan fingerprint density at radius 2 is 2.06 bits per heavy atom. The first-order valence-electron chi connectivity index (χ1n) is 5.17. The van der Waals surface area contributed by atoms with E-state index in [0.29, 0.717) is 5.16 Å². The van der Waals surface area contributed by atoms with Crippen LogP contribution in [0.25, 0.3) is 0 Å². The zero-order valence-electron chi connectivity index (χ0n) is 9.35. The molecule has 0 spiro atoms. The molecule has 1 N–H and O–H groups in total. The molecule has 0 aliphatic heterocycles. The smallest absolute Gasteiger partial charge is 0.192 e. The maximum Gasteiger partial charge on any atom is 0.192 e. The lowest BCUT2D eigenvalue weighted by Crippen LogP contribution is -2.04. The van der Waals surface area contributed by atoms with Crippen molar-refractivity contribution in [3.05, 3.63) is 47.2 Å². The van der Waals surface area contributed by atoms with Gasteiger partial charge in [0, 0.05) is 23.8 Å². The number of nitrogens with one attached hydrogen (secondary N) is 1. The van der Waals surface area contributed by atoms with Crippen LogP contribution in [0.5, 0.6) is 0 Å². The van der Waals surface area contributed by atoms with E-state index in [1.807, 2.05) is 25.2 Å². The number of hydrogen-bond acceptors (Lipinski definition) is 4. The summed E-state index contributed by atoms with van der Waals surface area (Å²) in [6.45, 7) is 0.812. The molecule has 0 unspecified atom stereocenters. The molecule has 1 aromatic carbocycles. The van der Waals surface area contributed by atoms with Gasteiger partial charge in [-0.25, -0.2) is 9.97 Å². The van der Waals surface area contributed by atoms with Gasteiger partial charge in [0.15, 0.2) is 5.16 Å². The van der Waals surface area contributed by atoms with Gasteiger partial charge < -0.3 is 5.32 Å². The van der Waals surface area contributed by atoms with Crippen LogP contribution in [0.2, 0.25) is 5.02 Å². The predicted molar refractivity (Wildman–Crippen MR) is 70.4 cm³/mol. The summed E-state index contributed by atoms with van der Waals surface area (Å²) >= 11 is 7.68. The minimum atomic E-state index is 0.704. The molecule has 3 nitrogen and oxygen atoms in total. The van der Waals surface area contributed by atoms with Crippen molar-refractivity contribution in [1.29, 1.82) is 0 Å². The molecule has 0 fully saturated rings. The van der Waals surface area contributed by atoms with Gasteiger partial charge >= 0.3 is 0 Å². The highest BCUT2D eigenvalue weighted by Crippen LogP contribution is 2.31. The SMILES string of the molecule is CNCc1ccc(Sc2ncccn2)c(Cl)c1. The third kappa shape index (κ3) is 3.43. The van der Waals surface area contributed by atoms with Crippen LogP contribution in [0.4, 0.5) is 0 Å². The molecule has 2 rings (SSSR count). The lowest BCUT2D eigenvalue weighted by molar-refractivity contribution is 0.817. The number of benzene rings is 1. The van der Waals surface area contributed by atoms with Crippen LogP contribution in [0.3, 0.4) is 0 Å². The van der Waals surface area contributed by atoms with E-state index in [1.165, 1.54) is 11.8 Å². The van der Waals surface area contributed by atoms with Crippen LogP contribution in [0, 0.1) is 0 Å². The second-order valence-corrected chi connectivity index (χ2v) is 4.84. The molecule has 5 heteroatoms. The molecular weight excluding hydrogens is 254 g/mol. The maximum atomic E-state index is 6.21. The summed E-state index contributed by atoms with van der Waals surface area (Å²) in [5.41, 5.74) is 1.16. The Labute approximate surface area is 110 Å². The first-order valence-corrected chi connectivity index (χ1v) is 6.37. The van der Waals surface area contributed by atoms with Crippen molar-refractivity contribution >= 4 is 23.4 Å². The zero-order valence-corrected chi connectivity index (χ0v) is 10.9. The van der Waals surface area contributed by atoms with Gasteiger partial charge in [0.25, 0.3) is 0 Å². The van der Waals surface area contributed by atoms with E-state index < -0.39 is 0 Å². The molecule has 0 radical (unpaired) electrons. The van der Waals surface area contributed by atoms with E-state index in [1.54, 1.807) is 18.5 Å². The summed E-state index contributed by atoms with van der Waals surface area (Å²) in [5.74, 6) is 0. The van der Waals surface area contributed by atoms with Crippen LogP contribution in [-0.2, 0) is 6.54 Å². The van der Waals surface area contributed by atoms with Crippen LogP contribution in [0.15, 0.2) is 46.7 Å². The average Bonchev–Trinajstić information content (AvgIpc) is 2.34. The molecular formula is C12H12ClN3S. The highest BCUT2D eigenvalue weighted by Gasteiger charge is 2.05. The normalized spacial score (nSPS) is 10.5. The molecule has 0 aliphatic carbocycles. The molecule has 17 heavy (non-hydrogen) atoms. The van der Waals surface area contributed by atoms with Gasteiger partial charge in [0.05, 0.1) is 5.02 Å². The minimum Gasteiger partial charge on any atom is -0.316 e. The summed E-state index contributed by atoms with van der Waals surface area (Å²) in [5, 5.41) is 4.53. The average molecular weight is 266 g/mol. The van der Waals surface area contributed by atoms with E-state index in [-0.39, 0.29) is 0 Å². The molecule has 0 saturated carbocycles. The van der Waals surface area contributed by atoms with Crippen molar-refractivity contribution in [1.82, 2.24) is 15.3 Å². The van der Waals surface area contributed by atoms with Crippen molar-refractivity contribution in [2.75, 3.05) is 7.05 Å². The Bertz CT molecular complexity index is 490. The number of aromatic nitrogens is 2. The Kier molecular flexibility index (Phi) is 4.36. The topological polar surface area (TPSA) is 37.8 Å². The van der Waals surface area contributed by atoms with Crippen molar-refractivity contribution in [3.8, 4) is 0 Å². The lowest BCUT2D eigenvalue weighted by atomic mass is 10.2. The Morgan fingerprint density at radius 3 is 2.71 bits per heavy atom. The Morgan fingerprint density at radius 1 is 1.29 bits per heavy atom. The van der Waals surface area contributed by atoms with E-state index >= 15 is 0 Å². The molecule has 88 valence electrons. The van der Waals surface area contributed by atoms with Crippen molar-refractivity contribution in [3.63, 3.8) is 0 Å². The standard InChI is InChI=1S/C12H12ClN3S/c1-14-8-9-3-4-11(10(13)7-9)17-12-15-5-2-6-16-12/h2-7,14H,8H2,1H3. The second-order valence-electron chi connectivity index (χ2n) is 3.43. The number of rotatable bonds is 4. The fourth-order valence-corrected chi connectivity index (χ4v) is 2.41. The largest absolute Gasteiger partial charge is 0.316 e. The fraction of sp³-hybridized carbons (Fsp3) is 0.167. The summed E-state index contributed by atoms with van der Waals surface area (Å²) in [6.07, 6.45) is 3.44. The van der Waals surface area contributed by atoms with Crippen LogP contribution in [-0.4, -0.2) is 17.0 Å². The van der Waals surface area contributed by atoms with Gasteiger partial charge in [0.1, 0.15) is 0 Å². The van der Waals surface area contributed by atoms with E-state index in [0.717, 1.165) is 22.0 Å². The summed E-state index contributed by atoms with van der Waals surface area (Å²) in [6, 6.07) is 7.80. The maximum absolute atomic E-state index is 6.21. The number of hydrogen-bond donors (Lipinski definition) is 1. The third-order valence-corrected chi connectivity index (χ3v) is 3.51. The van der Waals surface area contributed by atoms with E-state index in [2.05, 4.69) is 15.3 Å². The zero-order chi connectivity index (χ0) is 12.1. The second kappa shape index (κ2) is 6.00. The van der Waals surface area contributed by atoms with E-state index in [4.69, 9.17) is 11.6 Å². The fourth-order valence-electron chi connectivity index (χ4n) is 1.38. The van der Waals surface area contributed by atoms with Crippen molar-refractivity contribution < 1.29 is 0 Å². The third-order valence-electron chi connectivity index (χ3n) is 2.12. The van der Waals surface area contributed by atoms with Gasteiger partial charge in [-0.15, -0.1) is 0 Å². The molecule has 0 amide bonds. The minimum absolute atomic E-state index is 0.704. The molecule has 1 aromatic heterocycles. The molecule has 1 heterocycles. The van der Waals surface area contributed by atoms with Crippen molar-refractivity contribution in [2.45, 2.75) is 16.6 Å². The van der Waals surface area contributed by atoms with Crippen LogP contribution < -0.4 is 5.32 Å². The van der Waals surface area contributed by atoms with Gasteiger partial charge in [-0.1, -0.05) is 17.7 Å². The van der Waals surface area contributed by atoms with Crippen molar-refractivity contribution in [2.24, 2.45) is 0 Å². The van der Waals surface area contributed by atoms with E-state index in [9.17, 15) is 0 Å². The first kappa shape index (κ1) is 12.4. The summed E-state index contributed by atoms with van der Waals surface area (Å²) < 4.78 is 0. The predicted octanol–water partition coefficient (Wildman–Crippen LogP) is 3.00. The Hall–Kier alpha value is -1.10. The molecule has 0 bridgehead atoms. The number of halogens is 1. The molecule has 0 atom stereocenters. The number of nitrogens with zero attached hydrogens (tertiary/aromatic N) is 2. The van der Waals surface area contributed by atoms with Gasteiger partial charge in [-0.05, 0) is 42.6 Å². The van der Waals surface area contributed by atoms with Crippen LogP contribution >= 0.6 is 23.4 Å². The first-order chi connectivity index (χ1) is 8.29. The summed E-state index contributed by atoms with van der Waals surface area (Å²) in [7, 11) is 1.91. The molecule has 2 aromatic rings. The monoisotopic (exact) mass is 265 g/mol. The summed E-state index contributed by atoms with van der Waals surface area (Å²) in [4.78, 5) is 9.28. The quantitative estimate of drug-likeness (QED) is 0.863.